The largest absolute Gasteiger partial charge is 0.496 e. The van der Waals surface area contributed by atoms with Crippen molar-refractivity contribution in [3.05, 3.63) is 29.6 Å². The Morgan fingerprint density at radius 1 is 1.28 bits per heavy atom. The van der Waals surface area contributed by atoms with Crippen LogP contribution in [0.1, 0.15) is 51.1 Å². The molecule has 0 saturated carbocycles. The molecule has 0 aliphatic heterocycles. The second-order valence-corrected chi connectivity index (χ2v) is 4.62. The molecule has 0 bridgehead atoms. The molecule has 2 nitrogen and oxygen atoms in total. The van der Waals surface area contributed by atoms with Gasteiger partial charge >= 0.3 is 0 Å². The average molecular weight is 253 g/mol. The molecular formula is C15H24FNO. The molecule has 1 atom stereocenters. The lowest BCUT2D eigenvalue weighted by atomic mass is 10.1. The quantitative estimate of drug-likeness (QED) is 0.705. The van der Waals surface area contributed by atoms with E-state index >= 15 is 0 Å². The first-order valence-electron chi connectivity index (χ1n) is 6.75. The summed E-state index contributed by atoms with van der Waals surface area (Å²) in [6.45, 7) is 5.20. The first-order chi connectivity index (χ1) is 8.69. The third kappa shape index (κ3) is 4.65. The van der Waals surface area contributed by atoms with Crippen molar-refractivity contribution in [3.63, 3.8) is 0 Å². The Morgan fingerprint density at radius 2 is 2.06 bits per heavy atom. The summed E-state index contributed by atoms with van der Waals surface area (Å²) in [6.07, 6.45) is 4.93. The van der Waals surface area contributed by atoms with Crippen LogP contribution in [0, 0.1) is 5.82 Å². The van der Waals surface area contributed by atoms with Crippen LogP contribution in [0.25, 0.3) is 0 Å². The Labute approximate surface area is 110 Å². The zero-order chi connectivity index (χ0) is 13.4. The van der Waals surface area contributed by atoms with E-state index in [-0.39, 0.29) is 11.9 Å². The molecule has 3 heteroatoms. The average Bonchev–Trinajstić information content (AvgIpc) is 2.38. The summed E-state index contributed by atoms with van der Waals surface area (Å²) in [5.74, 6) is 0.524. The highest BCUT2D eigenvalue weighted by Crippen LogP contribution is 2.25. The van der Waals surface area contributed by atoms with Crippen molar-refractivity contribution in [3.8, 4) is 5.75 Å². The van der Waals surface area contributed by atoms with Crippen LogP contribution in [0.2, 0.25) is 0 Å². The van der Waals surface area contributed by atoms with Crippen molar-refractivity contribution in [1.82, 2.24) is 5.32 Å². The van der Waals surface area contributed by atoms with Gasteiger partial charge in [0.15, 0.2) is 0 Å². The van der Waals surface area contributed by atoms with E-state index in [1.807, 2.05) is 6.92 Å². The maximum atomic E-state index is 13.2. The molecule has 0 aliphatic carbocycles. The minimum Gasteiger partial charge on any atom is -0.496 e. The van der Waals surface area contributed by atoms with Crippen LogP contribution >= 0.6 is 0 Å². The molecular weight excluding hydrogens is 229 g/mol. The predicted octanol–water partition coefficient (Wildman–Crippen LogP) is 4.07. The highest BCUT2D eigenvalue weighted by atomic mass is 19.1. The standard InChI is InChI=1S/C15H24FNO/c1-4-5-6-7-10-17-12(2)14-11-13(16)8-9-15(14)18-3/h8-9,11-12,17H,4-7,10H2,1-3H3. The van der Waals surface area contributed by atoms with Gasteiger partial charge in [0.2, 0.25) is 0 Å². The van der Waals surface area contributed by atoms with Gasteiger partial charge in [-0.25, -0.2) is 4.39 Å². The summed E-state index contributed by atoms with van der Waals surface area (Å²) in [4.78, 5) is 0. The fourth-order valence-electron chi connectivity index (χ4n) is 2.02. The second-order valence-electron chi connectivity index (χ2n) is 4.62. The zero-order valence-electron chi connectivity index (χ0n) is 11.6. The van der Waals surface area contributed by atoms with Crippen LogP contribution in [0.4, 0.5) is 4.39 Å². The number of hydrogen-bond donors (Lipinski definition) is 1. The lowest BCUT2D eigenvalue weighted by Gasteiger charge is -2.17. The fourth-order valence-corrected chi connectivity index (χ4v) is 2.02. The molecule has 18 heavy (non-hydrogen) atoms. The SMILES string of the molecule is CCCCCCNC(C)c1cc(F)ccc1OC. The molecule has 0 aliphatic rings. The van der Waals surface area contributed by atoms with Gasteiger partial charge in [-0.05, 0) is 38.1 Å². The third-order valence-electron chi connectivity index (χ3n) is 3.14. The van der Waals surface area contributed by atoms with Crippen molar-refractivity contribution in [2.75, 3.05) is 13.7 Å². The van der Waals surface area contributed by atoms with Gasteiger partial charge in [-0.1, -0.05) is 26.2 Å². The fraction of sp³-hybridized carbons (Fsp3) is 0.600. The number of unbranched alkanes of at least 4 members (excludes halogenated alkanes) is 3. The first kappa shape index (κ1) is 15.0. The Hall–Kier alpha value is -1.09. The van der Waals surface area contributed by atoms with Gasteiger partial charge in [-0.3, -0.25) is 0 Å². The Balaban J connectivity index is 2.49. The molecule has 0 radical (unpaired) electrons. The molecule has 0 amide bonds. The molecule has 1 N–H and O–H groups in total. The van der Waals surface area contributed by atoms with Gasteiger partial charge < -0.3 is 10.1 Å². The Morgan fingerprint density at radius 3 is 2.72 bits per heavy atom. The summed E-state index contributed by atoms with van der Waals surface area (Å²) in [5, 5.41) is 3.41. The topological polar surface area (TPSA) is 21.3 Å². The molecule has 0 saturated heterocycles. The summed E-state index contributed by atoms with van der Waals surface area (Å²) in [6, 6.07) is 4.76. The lowest BCUT2D eigenvalue weighted by molar-refractivity contribution is 0.399. The van der Waals surface area contributed by atoms with E-state index in [9.17, 15) is 4.39 Å². The van der Waals surface area contributed by atoms with Crippen LogP contribution in [-0.4, -0.2) is 13.7 Å². The third-order valence-corrected chi connectivity index (χ3v) is 3.14. The number of methoxy groups -OCH3 is 1. The lowest BCUT2D eigenvalue weighted by Crippen LogP contribution is -2.20. The molecule has 1 aromatic rings. The number of nitrogens with one attached hydrogen (secondary N) is 1. The smallest absolute Gasteiger partial charge is 0.123 e. The van der Waals surface area contributed by atoms with Gasteiger partial charge in [0.05, 0.1) is 7.11 Å². The van der Waals surface area contributed by atoms with E-state index < -0.39 is 0 Å². The van der Waals surface area contributed by atoms with Crippen molar-refractivity contribution in [1.29, 1.82) is 0 Å². The number of ether oxygens (including phenoxy) is 1. The van der Waals surface area contributed by atoms with Crippen LogP contribution in [0.15, 0.2) is 18.2 Å². The monoisotopic (exact) mass is 253 g/mol. The Kier molecular flexibility index (Phi) is 6.73. The summed E-state index contributed by atoms with van der Waals surface area (Å²) < 4.78 is 18.5. The van der Waals surface area contributed by atoms with E-state index in [1.54, 1.807) is 19.2 Å². The zero-order valence-corrected chi connectivity index (χ0v) is 11.6. The number of halogens is 1. The summed E-state index contributed by atoms with van der Waals surface area (Å²) in [5.41, 5.74) is 0.882. The summed E-state index contributed by atoms with van der Waals surface area (Å²) in [7, 11) is 1.62. The maximum absolute atomic E-state index is 13.2. The van der Waals surface area contributed by atoms with E-state index in [2.05, 4.69) is 12.2 Å². The van der Waals surface area contributed by atoms with E-state index in [0.29, 0.717) is 0 Å². The van der Waals surface area contributed by atoms with Crippen LogP contribution in [-0.2, 0) is 0 Å². The first-order valence-corrected chi connectivity index (χ1v) is 6.75. The second kappa shape index (κ2) is 8.09. The van der Waals surface area contributed by atoms with Crippen molar-refractivity contribution in [2.45, 2.75) is 45.6 Å². The molecule has 1 rings (SSSR count). The van der Waals surface area contributed by atoms with Crippen LogP contribution in [0.3, 0.4) is 0 Å². The minimum atomic E-state index is -0.217. The van der Waals surface area contributed by atoms with Crippen molar-refractivity contribution in [2.24, 2.45) is 0 Å². The molecule has 0 spiro atoms. The van der Waals surface area contributed by atoms with Crippen LogP contribution < -0.4 is 10.1 Å². The Bertz CT molecular complexity index is 354. The van der Waals surface area contributed by atoms with E-state index in [0.717, 1.165) is 24.3 Å². The highest BCUT2D eigenvalue weighted by molar-refractivity contribution is 5.36. The van der Waals surface area contributed by atoms with Crippen molar-refractivity contribution >= 4 is 0 Å². The predicted molar refractivity (Wildman–Crippen MR) is 73.5 cm³/mol. The summed E-state index contributed by atoms with van der Waals surface area (Å²) >= 11 is 0. The molecule has 0 fully saturated rings. The van der Waals surface area contributed by atoms with Crippen molar-refractivity contribution < 1.29 is 9.13 Å². The highest BCUT2D eigenvalue weighted by Gasteiger charge is 2.11. The van der Waals surface area contributed by atoms with Gasteiger partial charge in [0.1, 0.15) is 11.6 Å². The van der Waals surface area contributed by atoms with Gasteiger partial charge in [-0.15, -0.1) is 0 Å². The number of benzene rings is 1. The van der Waals surface area contributed by atoms with Crippen LogP contribution in [0.5, 0.6) is 5.75 Å². The van der Waals surface area contributed by atoms with E-state index in [4.69, 9.17) is 4.74 Å². The minimum absolute atomic E-state index is 0.109. The maximum Gasteiger partial charge on any atom is 0.123 e. The normalized spacial score (nSPS) is 12.4. The molecule has 1 aromatic carbocycles. The molecule has 1 unspecified atom stereocenters. The van der Waals surface area contributed by atoms with Gasteiger partial charge in [0.25, 0.3) is 0 Å². The molecule has 0 aromatic heterocycles. The van der Waals surface area contributed by atoms with E-state index in [1.165, 1.54) is 25.3 Å². The molecule has 102 valence electrons. The number of hydrogen-bond acceptors (Lipinski definition) is 2. The van der Waals surface area contributed by atoms with Gasteiger partial charge in [-0.2, -0.15) is 0 Å². The molecule has 0 heterocycles. The number of rotatable bonds is 8. The van der Waals surface area contributed by atoms with Gasteiger partial charge in [0, 0.05) is 11.6 Å².